The third-order valence-corrected chi connectivity index (χ3v) is 11.1. The third kappa shape index (κ3) is 10.4. The van der Waals surface area contributed by atoms with E-state index in [-0.39, 0.29) is 0 Å². The summed E-state index contributed by atoms with van der Waals surface area (Å²) in [6, 6.07) is 13.7. The number of hydrogen-bond acceptors (Lipinski definition) is 13. The highest BCUT2D eigenvalue weighted by Crippen LogP contribution is 2.40. The van der Waals surface area contributed by atoms with E-state index < -0.39 is 0 Å². The predicted octanol–water partition coefficient (Wildman–Crippen LogP) is 6.50. The average Bonchev–Trinajstić information content (AvgIpc) is 3.84. The van der Waals surface area contributed by atoms with Gasteiger partial charge in [-0.2, -0.15) is 15.3 Å². The van der Waals surface area contributed by atoms with Gasteiger partial charge in [0.05, 0.1) is 67.1 Å². The molecule has 0 atom stereocenters. The summed E-state index contributed by atoms with van der Waals surface area (Å²) >= 11 is 5.98. The molecule has 1 aliphatic carbocycles. The number of fused-ring (bicyclic) bond motifs is 2. The quantitative estimate of drug-likeness (QED) is 0.127. The van der Waals surface area contributed by atoms with Gasteiger partial charge in [0.15, 0.2) is 5.82 Å². The maximum atomic E-state index is 5.98. The molecule has 0 unspecified atom stereocenters. The van der Waals surface area contributed by atoms with Gasteiger partial charge in [-0.3, -0.25) is 29.1 Å². The van der Waals surface area contributed by atoms with Gasteiger partial charge in [0, 0.05) is 99.4 Å². The summed E-state index contributed by atoms with van der Waals surface area (Å²) in [5.41, 5.74) is 8.65. The summed E-state index contributed by atoms with van der Waals surface area (Å²) in [5.74, 6) is 2.08. The van der Waals surface area contributed by atoms with Crippen molar-refractivity contribution in [2.75, 3.05) is 71.0 Å². The number of anilines is 2. The number of ether oxygens (including phenoxy) is 2. The second-order valence-corrected chi connectivity index (χ2v) is 15.6. The van der Waals surface area contributed by atoms with Gasteiger partial charge in [-0.1, -0.05) is 11.6 Å². The van der Waals surface area contributed by atoms with Crippen molar-refractivity contribution >= 4 is 45.3 Å². The molecule has 2 aliphatic heterocycles. The largest absolute Gasteiger partial charge is 0.379 e. The maximum Gasteiger partial charge on any atom is 0.154 e. The fourth-order valence-corrected chi connectivity index (χ4v) is 7.57. The second-order valence-electron chi connectivity index (χ2n) is 15.2. The summed E-state index contributed by atoms with van der Waals surface area (Å²) < 4.78 is 14.8. The minimum atomic E-state index is 0.477. The summed E-state index contributed by atoms with van der Waals surface area (Å²) in [4.78, 5) is 23.1. The molecule has 304 valence electrons. The molecule has 0 bridgehead atoms. The smallest absolute Gasteiger partial charge is 0.154 e. The van der Waals surface area contributed by atoms with Crippen LogP contribution in [0.15, 0.2) is 85.8 Å². The lowest BCUT2D eigenvalue weighted by Crippen LogP contribution is -2.37. The molecule has 16 heteroatoms. The van der Waals surface area contributed by atoms with Crippen molar-refractivity contribution < 1.29 is 9.47 Å². The van der Waals surface area contributed by atoms with Crippen LogP contribution in [0.4, 0.5) is 11.6 Å². The molecule has 0 spiro atoms. The highest BCUT2D eigenvalue weighted by atomic mass is 35.5. The zero-order valence-corrected chi connectivity index (χ0v) is 33.8. The van der Waals surface area contributed by atoms with Crippen molar-refractivity contribution in [1.29, 1.82) is 0 Å². The topological polar surface area (TPSA) is 150 Å². The Bertz CT molecular complexity index is 2480. The molecule has 2 saturated heterocycles. The first kappa shape index (κ1) is 39.0. The van der Waals surface area contributed by atoms with E-state index in [1.54, 1.807) is 6.07 Å². The monoisotopic (exact) mass is 813 g/mol. The average molecular weight is 814 g/mol. The van der Waals surface area contributed by atoms with Gasteiger partial charge in [-0.05, 0) is 79.6 Å². The molecule has 3 fully saturated rings. The molecule has 1 N–H and O–H groups in total. The lowest BCUT2D eigenvalue weighted by Gasteiger charge is -2.26. The van der Waals surface area contributed by atoms with Crippen LogP contribution in [0.5, 0.6) is 0 Å². The number of aryl methyl sites for hydroxylation is 2. The van der Waals surface area contributed by atoms with Crippen LogP contribution in [-0.4, -0.2) is 125 Å². The van der Waals surface area contributed by atoms with E-state index in [1.165, 1.54) is 18.4 Å². The number of hydrogen-bond donors (Lipinski definition) is 1. The number of aromatic nitrogens is 10. The standard InChI is InChI=1S/C25H28N8O.C18H20ClN5O/c1(6-32-8-10-34-11-9-32)7-33-17-21(16-28-33)19-12-23-22(26-14-19)4-5-24(29-23)30-25-13-20(15-27-31-25)18-2-3-18;19-18-3-2-16-17(22-18)10-14(11-20-16)15-12-21-24(13-15)5-1-4-23-6-8-25-9-7-23/h4-5,12-18H,1-3,6-11H2,(H,29,30,31);2-3,10-13H,1,4-9H2. The van der Waals surface area contributed by atoms with E-state index in [9.17, 15) is 0 Å². The van der Waals surface area contributed by atoms with Crippen LogP contribution in [0.3, 0.4) is 0 Å². The van der Waals surface area contributed by atoms with E-state index in [2.05, 4.69) is 75.0 Å². The Morgan fingerprint density at radius 2 is 1.17 bits per heavy atom. The molecule has 15 nitrogen and oxygen atoms in total. The number of pyridine rings is 4. The van der Waals surface area contributed by atoms with Gasteiger partial charge < -0.3 is 14.8 Å². The zero-order chi connectivity index (χ0) is 39.8. The van der Waals surface area contributed by atoms with Crippen LogP contribution in [0.2, 0.25) is 5.15 Å². The lowest BCUT2D eigenvalue weighted by molar-refractivity contribution is 0.0367. The van der Waals surface area contributed by atoms with Gasteiger partial charge in [0.2, 0.25) is 0 Å². The maximum absolute atomic E-state index is 5.98. The molecule has 3 aliphatic rings. The summed E-state index contributed by atoms with van der Waals surface area (Å²) in [6.07, 6.45) is 18.1. The SMILES string of the molecule is Clc1ccc2ncc(-c3cnn(CCCN4CCOCC4)c3)cc2n1.c1nc2ccc(Nc3cc(C4CC4)cnn3)nc2cc1-c1cnn(CCCN2CCOCC2)c1. The van der Waals surface area contributed by atoms with Crippen LogP contribution in [0.1, 0.15) is 37.2 Å². The molecule has 7 aromatic heterocycles. The zero-order valence-electron chi connectivity index (χ0n) is 33.0. The summed E-state index contributed by atoms with van der Waals surface area (Å²) in [7, 11) is 0. The molecule has 0 radical (unpaired) electrons. The van der Waals surface area contributed by atoms with E-state index in [4.69, 9.17) is 26.1 Å². The van der Waals surface area contributed by atoms with Crippen LogP contribution in [-0.2, 0) is 22.6 Å². The molecule has 1 saturated carbocycles. The van der Waals surface area contributed by atoms with Crippen molar-refractivity contribution in [3.63, 3.8) is 0 Å². The van der Waals surface area contributed by atoms with Crippen LogP contribution < -0.4 is 5.32 Å². The minimum Gasteiger partial charge on any atom is -0.379 e. The van der Waals surface area contributed by atoms with Crippen molar-refractivity contribution in [3.05, 3.63) is 96.6 Å². The number of rotatable bonds is 13. The number of nitrogens with zero attached hydrogens (tertiary/aromatic N) is 12. The van der Waals surface area contributed by atoms with E-state index in [0.717, 1.165) is 148 Å². The third-order valence-electron chi connectivity index (χ3n) is 10.9. The Balaban J connectivity index is 0.000000160. The van der Waals surface area contributed by atoms with Gasteiger partial charge in [0.25, 0.3) is 0 Å². The van der Waals surface area contributed by atoms with Gasteiger partial charge in [-0.25, -0.2) is 9.97 Å². The number of nitrogens with one attached hydrogen (secondary N) is 1. The minimum absolute atomic E-state index is 0.477. The van der Waals surface area contributed by atoms with Gasteiger partial charge >= 0.3 is 0 Å². The molecule has 7 aromatic rings. The fraction of sp³-hybridized carbons (Fsp3) is 0.395. The molecule has 0 aromatic carbocycles. The Kier molecular flexibility index (Phi) is 12.3. The molecule has 59 heavy (non-hydrogen) atoms. The molecular weight excluding hydrogens is 766 g/mol. The van der Waals surface area contributed by atoms with Crippen LogP contribution in [0, 0.1) is 0 Å². The Morgan fingerprint density at radius 3 is 1.76 bits per heavy atom. The first-order valence-corrected chi connectivity index (χ1v) is 20.9. The highest BCUT2D eigenvalue weighted by molar-refractivity contribution is 6.29. The second kappa shape index (κ2) is 18.6. The van der Waals surface area contributed by atoms with Crippen molar-refractivity contribution in [1.82, 2.24) is 59.5 Å². The Labute approximate surface area is 347 Å². The molecule has 10 rings (SSSR count). The van der Waals surface area contributed by atoms with Crippen molar-refractivity contribution in [3.8, 4) is 22.3 Å². The first-order valence-electron chi connectivity index (χ1n) is 20.5. The van der Waals surface area contributed by atoms with E-state index >= 15 is 0 Å². The van der Waals surface area contributed by atoms with Gasteiger partial charge in [0.1, 0.15) is 11.0 Å². The molecule has 9 heterocycles. The Morgan fingerprint density at radius 1 is 0.593 bits per heavy atom. The van der Waals surface area contributed by atoms with Crippen molar-refractivity contribution in [2.45, 2.75) is 44.7 Å². The first-order chi connectivity index (χ1) is 29.1. The lowest BCUT2D eigenvalue weighted by atomic mass is 10.1. The molecule has 0 amide bonds. The predicted molar refractivity (Wildman–Crippen MR) is 228 cm³/mol. The Hall–Kier alpha value is -5.45. The number of halogens is 1. The van der Waals surface area contributed by atoms with Crippen LogP contribution in [0.25, 0.3) is 44.3 Å². The molecular formula is C43H48ClN13O2. The van der Waals surface area contributed by atoms with Crippen molar-refractivity contribution in [2.24, 2.45) is 0 Å². The van der Waals surface area contributed by atoms with Crippen LogP contribution >= 0.6 is 11.6 Å². The van der Waals surface area contributed by atoms with E-state index in [0.29, 0.717) is 11.1 Å². The van der Waals surface area contributed by atoms with Gasteiger partial charge in [-0.15, -0.1) is 5.10 Å². The van der Waals surface area contributed by atoms with E-state index in [1.807, 2.05) is 64.6 Å². The highest BCUT2D eigenvalue weighted by Gasteiger charge is 2.24. The fourth-order valence-electron chi connectivity index (χ4n) is 7.42. The summed E-state index contributed by atoms with van der Waals surface area (Å²) in [5, 5.41) is 21.1. The number of morpholine rings is 2. The normalized spacial score (nSPS) is 16.3. The summed E-state index contributed by atoms with van der Waals surface area (Å²) in [6.45, 7) is 11.4.